The number of aliphatic hydroxyl groups is 1. The lowest BCUT2D eigenvalue weighted by Gasteiger charge is -2.41. The van der Waals surface area contributed by atoms with Crippen LogP contribution >= 0.6 is 0 Å². The number of para-hydroxylation sites is 2. The van der Waals surface area contributed by atoms with Crippen molar-refractivity contribution < 1.29 is 14.2 Å². The maximum atomic E-state index is 14.4. The van der Waals surface area contributed by atoms with Crippen LogP contribution in [0.4, 0.5) is 4.39 Å². The first-order valence-corrected chi connectivity index (χ1v) is 9.99. The van der Waals surface area contributed by atoms with Crippen LogP contribution in [0.25, 0.3) is 11.0 Å². The highest BCUT2D eigenvalue weighted by Crippen LogP contribution is 2.22. The molecule has 0 aliphatic carbocycles. The highest BCUT2D eigenvalue weighted by molar-refractivity contribution is 5.74. The Labute approximate surface area is 169 Å². The van der Waals surface area contributed by atoms with Gasteiger partial charge in [0, 0.05) is 50.5 Å². The molecule has 154 valence electrons. The van der Waals surface area contributed by atoms with E-state index in [0.29, 0.717) is 24.3 Å². The van der Waals surface area contributed by atoms with Gasteiger partial charge in [0.05, 0.1) is 24.7 Å². The maximum absolute atomic E-state index is 14.4. The number of aliphatic hydroxyl groups excluding tert-OH is 1. The molecule has 1 fully saturated rings. The van der Waals surface area contributed by atoms with E-state index >= 15 is 0 Å². The van der Waals surface area contributed by atoms with Gasteiger partial charge in [-0.15, -0.1) is 0 Å². The zero-order chi connectivity index (χ0) is 20.2. The van der Waals surface area contributed by atoms with Gasteiger partial charge in [0.1, 0.15) is 17.4 Å². The van der Waals surface area contributed by atoms with Crippen LogP contribution in [0.15, 0.2) is 42.5 Å². The molecular weight excluding hydrogens is 371 g/mol. The van der Waals surface area contributed by atoms with Crippen molar-refractivity contribution in [3.63, 3.8) is 0 Å². The lowest BCUT2D eigenvalue weighted by molar-refractivity contribution is 0.0482. The van der Waals surface area contributed by atoms with Gasteiger partial charge in [-0.1, -0.05) is 18.2 Å². The van der Waals surface area contributed by atoms with E-state index in [2.05, 4.69) is 19.8 Å². The van der Waals surface area contributed by atoms with E-state index in [0.717, 1.165) is 43.0 Å². The molecule has 29 heavy (non-hydrogen) atoms. The fourth-order valence-corrected chi connectivity index (χ4v) is 4.03. The van der Waals surface area contributed by atoms with Gasteiger partial charge in [-0.25, -0.2) is 9.37 Å². The van der Waals surface area contributed by atoms with E-state index < -0.39 is 0 Å². The summed E-state index contributed by atoms with van der Waals surface area (Å²) in [4.78, 5) is 12.7. The Bertz CT molecular complexity index is 928. The van der Waals surface area contributed by atoms with Crippen molar-refractivity contribution in [3.8, 4) is 5.75 Å². The Morgan fingerprint density at radius 1 is 1.21 bits per heavy atom. The molecule has 0 amide bonds. The summed E-state index contributed by atoms with van der Waals surface area (Å²) in [5, 5.41) is 9.54. The van der Waals surface area contributed by atoms with E-state index in [1.54, 1.807) is 12.1 Å². The molecule has 0 spiro atoms. The largest absolute Gasteiger partial charge is 0.497 e. The number of imidazole rings is 1. The molecule has 6 nitrogen and oxygen atoms in total. The highest BCUT2D eigenvalue weighted by Gasteiger charge is 2.27. The lowest BCUT2D eigenvalue weighted by atomic mass is 10.1. The van der Waals surface area contributed by atoms with Crippen LogP contribution in [0.5, 0.6) is 5.75 Å². The van der Waals surface area contributed by atoms with Crippen LogP contribution in [0.1, 0.15) is 17.8 Å². The van der Waals surface area contributed by atoms with Crippen LogP contribution in [-0.4, -0.2) is 64.3 Å². The third kappa shape index (κ3) is 4.58. The molecular formula is C22H27FN4O2. The van der Waals surface area contributed by atoms with Crippen molar-refractivity contribution in [2.45, 2.75) is 25.6 Å². The van der Waals surface area contributed by atoms with Gasteiger partial charge in [0.25, 0.3) is 0 Å². The molecule has 0 saturated carbocycles. The topological polar surface area (TPSA) is 64.6 Å². The number of nitrogens with one attached hydrogen (secondary N) is 1. The Kier molecular flexibility index (Phi) is 6.08. The summed E-state index contributed by atoms with van der Waals surface area (Å²) in [5.74, 6) is 1.22. The second-order valence-electron chi connectivity index (χ2n) is 7.53. The summed E-state index contributed by atoms with van der Waals surface area (Å²) >= 11 is 0. The first-order valence-electron chi connectivity index (χ1n) is 9.99. The molecule has 1 aliphatic heterocycles. The Hall–Kier alpha value is -2.48. The average molecular weight is 398 g/mol. The van der Waals surface area contributed by atoms with Crippen molar-refractivity contribution >= 4 is 11.0 Å². The molecule has 1 aromatic heterocycles. The summed E-state index contributed by atoms with van der Waals surface area (Å²) < 4.78 is 19.5. The standard InChI is InChI=1S/C22H27FN4O2/c1-29-18-7-6-16(19(23)12-18)13-27-10-9-26(14-17(27)8-11-28)15-22-24-20-4-2-3-5-21(20)25-22/h2-7,12,17,28H,8-11,13-15H2,1H3,(H,24,25)/t17-/m1/s1. The summed E-state index contributed by atoms with van der Waals surface area (Å²) in [6, 6.07) is 13.2. The number of fused-ring (bicyclic) bond motifs is 1. The monoisotopic (exact) mass is 398 g/mol. The first-order chi connectivity index (χ1) is 14.2. The number of rotatable bonds is 7. The number of H-pyrrole nitrogens is 1. The summed E-state index contributed by atoms with van der Waals surface area (Å²) in [7, 11) is 1.53. The fraction of sp³-hybridized carbons (Fsp3) is 0.409. The molecule has 1 saturated heterocycles. The minimum atomic E-state index is -0.253. The number of ether oxygens (including phenoxy) is 1. The number of nitrogens with zero attached hydrogens (tertiary/aromatic N) is 3. The van der Waals surface area contributed by atoms with Gasteiger partial charge < -0.3 is 14.8 Å². The number of methoxy groups -OCH3 is 1. The second-order valence-corrected chi connectivity index (χ2v) is 7.53. The van der Waals surface area contributed by atoms with Crippen LogP contribution in [0.2, 0.25) is 0 Å². The minimum absolute atomic E-state index is 0.116. The zero-order valence-electron chi connectivity index (χ0n) is 16.6. The third-order valence-electron chi connectivity index (χ3n) is 5.60. The SMILES string of the molecule is COc1ccc(CN2CCN(Cc3nc4ccccc4[nH]3)C[C@H]2CCO)c(F)c1. The minimum Gasteiger partial charge on any atom is -0.497 e. The predicted molar refractivity (Wildman–Crippen MR) is 110 cm³/mol. The van der Waals surface area contributed by atoms with Gasteiger partial charge in [-0.2, -0.15) is 0 Å². The molecule has 2 heterocycles. The summed E-state index contributed by atoms with van der Waals surface area (Å²) in [5.41, 5.74) is 2.67. The predicted octanol–water partition coefficient (Wildman–Crippen LogP) is 2.78. The summed E-state index contributed by atoms with van der Waals surface area (Å²) in [6.07, 6.45) is 0.661. The van der Waals surface area contributed by atoms with Crippen molar-refractivity contribution in [1.29, 1.82) is 0 Å². The number of benzene rings is 2. The van der Waals surface area contributed by atoms with Gasteiger partial charge in [0.15, 0.2) is 0 Å². The number of hydrogen-bond acceptors (Lipinski definition) is 5. The Morgan fingerprint density at radius 3 is 2.83 bits per heavy atom. The smallest absolute Gasteiger partial charge is 0.131 e. The van der Waals surface area contributed by atoms with Gasteiger partial charge in [0.2, 0.25) is 0 Å². The van der Waals surface area contributed by atoms with Gasteiger partial charge in [-0.05, 0) is 24.6 Å². The van der Waals surface area contributed by atoms with E-state index in [1.807, 2.05) is 24.3 Å². The van der Waals surface area contributed by atoms with Crippen LogP contribution in [0.3, 0.4) is 0 Å². The molecule has 1 atom stereocenters. The normalized spacial score (nSPS) is 18.4. The molecule has 1 aliphatic rings. The molecule has 3 aromatic rings. The van der Waals surface area contributed by atoms with Crippen LogP contribution < -0.4 is 4.74 Å². The molecule has 4 rings (SSSR count). The van der Waals surface area contributed by atoms with Crippen LogP contribution in [0, 0.1) is 5.82 Å². The van der Waals surface area contributed by atoms with Crippen molar-refractivity contribution in [2.75, 3.05) is 33.4 Å². The Morgan fingerprint density at radius 2 is 2.07 bits per heavy atom. The summed E-state index contributed by atoms with van der Waals surface area (Å²) in [6.45, 7) is 3.88. The third-order valence-corrected chi connectivity index (χ3v) is 5.60. The van der Waals surface area contributed by atoms with Crippen molar-refractivity contribution in [3.05, 3.63) is 59.7 Å². The van der Waals surface area contributed by atoms with Gasteiger partial charge in [-0.3, -0.25) is 9.80 Å². The fourth-order valence-electron chi connectivity index (χ4n) is 4.03. The average Bonchev–Trinajstić information content (AvgIpc) is 3.13. The molecule has 2 aromatic carbocycles. The number of piperazine rings is 1. The van der Waals surface area contributed by atoms with Gasteiger partial charge >= 0.3 is 0 Å². The van der Waals surface area contributed by atoms with E-state index in [-0.39, 0.29) is 18.5 Å². The molecule has 7 heteroatoms. The molecule has 2 N–H and O–H groups in total. The number of halogens is 1. The highest BCUT2D eigenvalue weighted by atomic mass is 19.1. The Balaban J connectivity index is 1.42. The number of aromatic amines is 1. The lowest BCUT2D eigenvalue weighted by Crippen LogP contribution is -2.52. The van der Waals surface area contributed by atoms with Crippen molar-refractivity contribution in [1.82, 2.24) is 19.8 Å². The molecule has 0 radical (unpaired) electrons. The van der Waals surface area contributed by atoms with E-state index in [4.69, 9.17) is 4.74 Å². The number of hydrogen-bond donors (Lipinski definition) is 2. The van der Waals surface area contributed by atoms with E-state index in [1.165, 1.54) is 13.2 Å². The van der Waals surface area contributed by atoms with Crippen LogP contribution in [-0.2, 0) is 13.1 Å². The zero-order valence-corrected chi connectivity index (χ0v) is 16.6. The molecule has 0 unspecified atom stereocenters. The molecule has 0 bridgehead atoms. The quantitative estimate of drug-likeness (QED) is 0.641. The maximum Gasteiger partial charge on any atom is 0.131 e. The second kappa shape index (κ2) is 8.90. The number of aromatic nitrogens is 2. The first kappa shape index (κ1) is 19.8. The van der Waals surface area contributed by atoms with Crippen molar-refractivity contribution in [2.24, 2.45) is 0 Å². The van der Waals surface area contributed by atoms with E-state index in [9.17, 15) is 9.50 Å².